The van der Waals surface area contributed by atoms with Gasteiger partial charge >= 0.3 is 11.8 Å². The largest absolute Gasteiger partial charge is 0.449 e. The third kappa shape index (κ3) is 3.19. The summed E-state index contributed by atoms with van der Waals surface area (Å²) < 4.78 is 6.43. The highest BCUT2D eigenvalue weighted by Gasteiger charge is 2.22. The van der Waals surface area contributed by atoms with Crippen molar-refractivity contribution in [1.29, 1.82) is 0 Å². The Balaban J connectivity index is 2.26. The molecule has 0 aliphatic heterocycles. The van der Waals surface area contributed by atoms with E-state index >= 15 is 0 Å². The van der Waals surface area contributed by atoms with E-state index in [9.17, 15) is 15.2 Å². The Hall–Kier alpha value is -2.41. The fourth-order valence-corrected chi connectivity index (χ4v) is 2.25. The van der Waals surface area contributed by atoms with Crippen LogP contribution in [0.1, 0.15) is 22.8 Å². The zero-order chi connectivity index (χ0) is 15.6. The molecule has 2 rings (SSSR count). The number of ether oxygens (including phenoxy) is 1. The molecule has 0 bridgehead atoms. The number of nitro groups is 1. The first kappa shape index (κ1) is 15.0. The van der Waals surface area contributed by atoms with Crippen molar-refractivity contribution in [1.82, 2.24) is 9.55 Å². The summed E-state index contributed by atoms with van der Waals surface area (Å²) in [6.07, 6.45) is 0.458. The van der Waals surface area contributed by atoms with Crippen LogP contribution in [0.15, 0.2) is 24.4 Å². The van der Waals surface area contributed by atoms with Crippen LogP contribution < -0.4 is 4.74 Å². The average Bonchev–Trinajstić information content (AvgIpc) is 2.81. The van der Waals surface area contributed by atoms with Gasteiger partial charge < -0.3 is 20.0 Å². The summed E-state index contributed by atoms with van der Waals surface area (Å²) in [7, 11) is 1.38. The lowest BCUT2D eigenvalue weighted by Gasteiger charge is -2.14. The minimum Gasteiger partial charge on any atom is -0.449 e. The lowest BCUT2D eigenvalue weighted by atomic mass is 10.0. The van der Waals surface area contributed by atoms with Gasteiger partial charge in [0.2, 0.25) is 0 Å². The highest BCUT2D eigenvalue weighted by Crippen LogP contribution is 2.24. The third-order valence-corrected chi connectivity index (χ3v) is 3.25. The van der Waals surface area contributed by atoms with E-state index in [-0.39, 0.29) is 18.4 Å². The van der Waals surface area contributed by atoms with Crippen LogP contribution >= 0.6 is 0 Å². The number of aliphatic hydroxyl groups excluding tert-OH is 1. The van der Waals surface area contributed by atoms with Crippen LogP contribution in [-0.2, 0) is 6.54 Å². The third-order valence-electron chi connectivity index (χ3n) is 3.25. The number of hydrogen-bond acceptors (Lipinski definition) is 5. The van der Waals surface area contributed by atoms with Gasteiger partial charge in [-0.25, -0.2) is 0 Å². The van der Waals surface area contributed by atoms with Gasteiger partial charge in [-0.15, -0.1) is 0 Å². The van der Waals surface area contributed by atoms with Crippen molar-refractivity contribution in [2.45, 2.75) is 26.5 Å². The topological polar surface area (TPSA) is 90.4 Å². The minimum atomic E-state index is -0.798. The number of aliphatic hydroxyl groups is 1. The molecule has 0 fully saturated rings. The van der Waals surface area contributed by atoms with Gasteiger partial charge in [0.05, 0.1) is 19.8 Å². The van der Waals surface area contributed by atoms with Crippen LogP contribution in [-0.4, -0.2) is 26.7 Å². The van der Waals surface area contributed by atoms with E-state index < -0.39 is 11.0 Å². The molecule has 0 spiro atoms. The number of aryl methyl sites for hydroxylation is 2. The van der Waals surface area contributed by atoms with Crippen LogP contribution in [0, 0.1) is 24.0 Å². The molecule has 7 nitrogen and oxygen atoms in total. The predicted molar refractivity (Wildman–Crippen MR) is 76.3 cm³/mol. The SMILES string of the molecule is COc1nc([N+](=O)[O-])cn1CC(O)c1ccc(C)cc1C. The molecule has 21 heavy (non-hydrogen) atoms. The van der Waals surface area contributed by atoms with E-state index in [2.05, 4.69) is 4.98 Å². The van der Waals surface area contributed by atoms with Gasteiger partial charge in [0.1, 0.15) is 6.20 Å². The van der Waals surface area contributed by atoms with E-state index in [1.807, 2.05) is 32.0 Å². The molecular formula is C14H17N3O4. The first-order valence-electron chi connectivity index (χ1n) is 6.43. The maximum absolute atomic E-state index is 10.7. The molecule has 112 valence electrons. The maximum Gasteiger partial charge on any atom is 0.414 e. The van der Waals surface area contributed by atoms with Crippen LogP contribution in [0.25, 0.3) is 0 Å². The van der Waals surface area contributed by atoms with Gasteiger partial charge in [0, 0.05) is 4.98 Å². The Labute approximate surface area is 122 Å². The molecule has 0 radical (unpaired) electrons. The molecule has 0 amide bonds. The van der Waals surface area contributed by atoms with Gasteiger partial charge in [-0.05, 0) is 29.9 Å². The monoisotopic (exact) mass is 291 g/mol. The lowest BCUT2D eigenvalue weighted by Crippen LogP contribution is -2.10. The summed E-state index contributed by atoms with van der Waals surface area (Å²) in [6, 6.07) is 5.85. The normalized spacial score (nSPS) is 12.2. The summed E-state index contributed by atoms with van der Waals surface area (Å²) in [5.41, 5.74) is 2.86. The molecule has 1 unspecified atom stereocenters. The zero-order valence-electron chi connectivity index (χ0n) is 12.1. The molecular weight excluding hydrogens is 274 g/mol. The fourth-order valence-electron chi connectivity index (χ4n) is 2.25. The Morgan fingerprint density at radius 3 is 2.76 bits per heavy atom. The summed E-state index contributed by atoms with van der Waals surface area (Å²) in [5, 5.41) is 21.1. The second-order valence-corrected chi connectivity index (χ2v) is 4.87. The van der Waals surface area contributed by atoms with Gasteiger partial charge in [-0.3, -0.25) is 4.57 Å². The van der Waals surface area contributed by atoms with Gasteiger partial charge in [0.15, 0.2) is 0 Å². The summed E-state index contributed by atoms with van der Waals surface area (Å²) in [4.78, 5) is 13.9. The molecule has 1 atom stereocenters. The van der Waals surface area contributed by atoms with Crippen molar-refractivity contribution in [2.75, 3.05) is 7.11 Å². The fraction of sp³-hybridized carbons (Fsp3) is 0.357. The van der Waals surface area contributed by atoms with Crippen molar-refractivity contribution >= 4 is 5.82 Å². The van der Waals surface area contributed by atoms with Gasteiger partial charge in [0.25, 0.3) is 0 Å². The first-order valence-corrected chi connectivity index (χ1v) is 6.43. The Kier molecular flexibility index (Phi) is 4.23. The Bertz CT molecular complexity index is 666. The van der Waals surface area contributed by atoms with E-state index in [0.29, 0.717) is 0 Å². The maximum atomic E-state index is 10.7. The predicted octanol–water partition coefficient (Wildman–Crippen LogP) is 2.15. The highest BCUT2D eigenvalue weighted by atomic mass is 16.6. The standard InChI is InChI=1S/C14H17N3O4/c1-9-4-5-11(10(2)6-9)12(18)7-16-8-13(17(19)20)15-14(16)21-3/h4-6,8,12,18H,7H2,1-3H3. The van der Waals surface area contributed by atoms with Crippen molar-refractivity contribution in [3.63, 3.8) is 0 Å². The number of aromatic nitrogens is 2. The summed E-state index contributed by atoms with van der Waals surface area (Å²) >= 11 is 0. The molecule has 2 aromatic rings. The molecule has 0 aliphatic carbocycles. The van der Waals surface area contributed by atoms with E-state index in [4.69, 9.17) is 4.74 Å². The van der Waals surface area contributed by atoms with Crippen molar-refractivity contribution < 1.29 is 14.8 Å². The second-order valence-electron chi connectivity index (χ2n) is 4.87. The van der Waals surface area contributed by atoms with Gasteiger partial charge in [-0.1, -0.05) is 23.8 Å². The minimum absolute atomic E-state index is 0.102. The number of rotatable bonds is 5. The zero-order valence-corrected chi connectivity index (χ0v) is 12.1. The Morgan fingerprint density at radius 1 is 1.48 bits per heavy atom. The molecule has 1 heterocycles. The molecule has 1 aromatic heterocycles. The van der Waals surface area contributed by atoms with Crippen LogP contribution in [0.4, 0.5) is 5.82 Å². The molecule has 7 heteroatoms. The summed E-state index contributed by atoms with van der Waals surface area (Å²) in [6.45, 7) is 4.03. The van der Waals surface area contributed by atoms with E-state index in [0.717, 1.165) is 16.7 Å². The smallest absolute Gasteiger partial charge is 0.414 e. The molecule has 0 saturated carbocycles. The van der Waals surface area contributed by atoms with Crippen LogP contribution in [0.5, 0.6) is 6.01 Å². The highest BCUT2D eigenvalue weighted by molar-refractivity contribution is 5.32. The number of benzene rings is 1. The van der Waals surface area contributed by atoms with Crippen molar-refractivity contribution in [2.24, 2.45) is 0 Å². The lowest BCUT2D eigenvalue weighted by molar-refractivity contribution is -0.389. The number of methoxy groups -OCH3 is 1. The second kappa shape index (κ2) is 5.92. The molecule has 0 aliphatic rings. The molecule has 1 N–H and O–H groups in total. The number of hydrogen-bond donors (Lipinski definition) is 1. The molecule has 1 aromatic carbocycles. The van der Waals surface area contributed by atoms with Crippen molar-refractivity contribution in [3.8, 4) is 6.01 Å². The first-order chi connectivity index (χ1) is 9.92. The van der Waals surface area contributed by atoms with E-state index in [1.165, 1.54) is 17.9 Å². The molecule has 0 saturated heterocycles. The quantitative estimate of drug-likeness (QED) is 0.673. The Morgan fingerprint density at radius 2 is 2.19 bits per heavy atom. The van der Waals surface area contributed by atoms with Gasteiger partial charge in [-0.2, -0.15) is 0 Å². The number of imidazole rings is 1. The summed E-state index contributed by atoms with van der Waals surface area (Å²) in [5.74, 6) is -0.306. The average molecular weight is 291 g/mol. The van der Waals surface area contributed by atoms with E-state index in [1.54, 1.807) is 0 Å². The number of nitrogens with zero attached hydrogens (tertiary/aromatic N) is 3. The van der Waals surface area contributed by atoms with Crippen LogP contribution in [0.3, 0.4) is 0 Å². The van der Waals surface area contributed by atoms with Crippen molar-refractivity contribution in [3.05, 3.63) is 51.2 Å². The van der Waals surface area contributed by atoms with Crippen LogP contribution in [0.2, 0.25) is 0 Å².